The van der Waals surface area contributed by atoms with Gasteiger partial charge in [0, 0.05) is 46.4 Å². The molecule has 0 radical (unpaired) electrons. The molecule has 160 valence electrons. The average Bonchev–Trinajstić information content (AvgIpc) is 2.73. The number of aryl methyl sites for hydroxylation is 3. The Kier molecular flexibility index (Phi) is 5.48. The zero-order valence-electron chi connectivity index (χ0n) is 18.4. The molecule has 0 bridgehead atoms. The van der Waals surface area contributed by atoms with Crippen molar-refractivity contribution in [3.63, 3.8) is 0 Å². The summed E-state index contributed by atoms with van der Waals surface area (Å²) in [5.41, 5.74) is 6.54. The van der Waals surface area contributed by atoms with Crippen LogP contribution in [0.4, 0.5) is 0 Å². The summed E-state index contributed by atoms with van der Waals surface area (Å²) in [7, 11) is 0. The van der Waals surface area contributed by atoms with Crippen molar-refractivity contribution in [2.75, 3.05) is 0 Å². The van der Waals surface area contributed by atoms with Gasteiger partial charge >= 0.3 is 0 Å². The third-order valence-electron chi connectivity index (χ3n) is 6.43. The van der Waals surface area contributed by atoms with Gasteiger partial charge in [-0.3, -0.25) is 0 Å². The topological polar surface area (TPSA) is 51.6 Å². The first-order valence-corrected chi connectivity index (χ1v) is 11.3. The molecule has 2 aromatic heterocycles. The summed E-state index contributed by atoms with van der Waals surface area (Å²) >= 11 is 6.31. The second-order valence-electron chi connectivity index (χ2n) is 8.61. The van der Waals surface area contributed by atoms with Gasteiger partial charge < -0.3 is 0 Å². The van der Waals surface area contributed by atoms with E-state index in [1.54, 1.807) is 0 Å². The van der Waals surface area contributed by atoms with Crippen LogP contribution in [0.25, 0.3) is 0 Å². The average molecular weight is 441 g/mol. The van der Waals surface area contributed by atoms with Gasteiger partial charge in [0.2, 0.25) is 5.28 Å². The summed E-state index contributed by atoms with van der Waals surface area (Å²) in [6.07, 6.45) is 0. The van der Waals surface area contributed by atoms with E-state index in [1.807, 2.05) is 20.8 Å². The molecule has 1 aliphatic rings. The zero-order chi connectivity index (χ0) is 22.2. The van der Waals surface area contributed by atoms with Gasteiger partial charge in [-0.25, -0.2) is 19.9 Å². The van der Waals surface area contributed by atoms with Gasteiger partial charge in [-0.1, -0.05) is 60.7 Å². The van der Waals surface area contributed by atoms with Crippen molar-refractivity contribution >= 4 is 11.6 Å². The number of benzene rings is 2. The summed E-state index contributed by atoms with van der Waals surface area (Å²) in [5, 5.41) is 0.302. The van der Waals surface area contributed by atoms with Crippen LogP contribution < -0.4 is 0 Å². The van der Waals surface area contributed by atoms with E-state index in [9.17, 15) is 0 Å². The van der Waals surface area contributed by atoms with Crippen molar-refractivity contribution in [1.29, 1.82) is 0 Å². The first-order valence-electron chi connectivity index (χ1n) is 10.9. The van der Waals surface area contributed by atoms with Crippen molar-refractivity contribution in [3.05, 3.63) is 118 Å². The van der Waals surface area contributed by atoms with Gasteiger partial charge in [0.05, 0.1) is 0 Å². The van der Waals surface area contributed by atoms with E-state index >= 15 is 0 Å². The first kappa shape index (κ1) is 20.8. The van der Waals surface area contributed by atoms with Crippen LogP contribution in [0.1, 0.15) is 63.4 Å². The maximum Gasteiger partial charge on any atom is 0.222 e. The maximum absolute atomic E-state index is 6.31. The van der Waals surface area contributed by atoms with Gasteiger partial charge in [0.1, 0.15) is 5.82 Å². The monoisotopic (exact) mass is 440 g/mol. The number of nitrogens with zero attached hydrogens (tertiary/aromatic N) is 4. The largest absolute Gasteiger partial charge is 0.239 e. The molecule has 0 saturated heterocycles. The lowest BCUT2D eigenvalue weighted by Crippen LogP contribution is -2.41. The molecular weight excluding hydrogens is 416 g/mol. The smallest absolute Gasteiger partial charge is 0.222 e. The lowest BCUT2D eigenvalue weighted by atomic mass is 9.50. The fourth-order valence-corrected chi connectivity index (χ4v) is 5.54. The molecule has 5 rings (SSSR count). The summed E-state index contributed by atoms with van der Waals surface area (Å²) in [6.45, 7) is 5.98. The van der Waals surface area contributed by atoms with E-state index in [-0.39, 0.29) is 23.7 Å². The minimum Gasteiger partial charge on any atom is -0.239 e. The molecule has 0 spiro atoms. The fourth-order valence-electron chi connectivity index (χ4n) is 5.31. The van der Waals surface area contributed by atoms with Crippen LogP contribution in [0.3, 0.4) is 0 Å². The predicted octanol–water partition coefficient (Wildman–Crippen LogP) is 6.29. The SMILES string of the molecule is Cc1cc([C@H]2[C@@H](c3ccccc3)[C@H](c3cc(C)nc(Cl)n3)[C@@H]2c2ccccc2)nc(C)n1. The maximum atomic E-state index is 6.31. The van der Waals surface area contributed by atoms with E-state index in [1.165, 1.54) is 11.1 Å². The lowest BCUT2D eigenvalue weighted by molar-refractivity contribution is 0.219. The summed E-state index contributed by atoms with van der Waals surface area (Å²) in [5.74, 6) is 1.63. The molecule has 32 heavy (non-hydrogen) atoms. The normalized spacial score (nSPS) is 22.4. The van der Waals surface area contributed by atoms with E-state index in [4.69, 9.17) is 21.6 Å². The number of rotatable bonds is 4. The molecule has 4 nitrogen and oxygen atoms in total. The lowest BCUT2D eigenvalue weighted by Gasteiger charge is -2.52. The number of halogens is 1. The van der Waals surface area contributed by atoms with Crippen LogP contribution in [0.15, 0.2) is 72.8 Å². The Balaban J connectivity index is 1.72. The predicted molar refractivity (Wildman–Crippen MR) is 127 cm³/mol. The highest BCUT2D eigenvalue weighted by atomic mass is 35.5. The second kappa shape index (κ2) is 8.44. The van der Waals surface area contributed by atoms with Crippen molar-refractivity contribution in [1.82, 2.24) is 19.9 Å². The molecule has 2 atom stereocenters. The molecule has 4 aromatic rings. The number of hydrogen-bond donors (Lipinski definition) is 0. The van der Waals surface area contributed by atoms with Gasteiger partial charge in [-0.2, -0.15) is 0 Å². The Morgan fingerprint density at radius 3 is 1.50 bits per heavy atom. The molecule has 1 aliphatic carbocycles. The fraction of sp³-hybridized carbons (Fsp3) is 0.259. The Morgan fingerprint density at radius 1 is 0.562 bits per heavy atom. The minimum atomic E-state index is 0.166. The molecule has 1 fully saturated rings. The van der Waals surface area contributed by atoms with Crippen molar-refractivity contribution in [3.8, 4) is 0 Å². The molecule has 0 N–H and O–H groups in total. The van der Waals surface area contributed by atoms with Gasteiger partial charge in [0.25, 0.3) is 0 Å². The third-order valence-corrected chi connectivity index (χ3v) is 6.60. The standard InChI is InChI=1S/C27H25ClN4/c1-16-14-21(31-18(3)29-16)25-23(19-10-6-4-7-11-19)26(22-15-17(2)30-27(28)32-22)24(25)20-12-8-5-9-13-20/h4-15,23-26H,1-3H3/t23-,24-,25-,26-/m1/s1. The summed E-state index contributed by atoms with van der Waals surface area (Å²) in [6, 6.07) is 25.6. The quantitative estimate of drug-likeness (QED) is 0.350. The van der Waals surface area contributed by atoms with Crippen LogP contribution in [-0.2, 0) is 0 Å². The Morgan fingerprint density at radius 2 is 1.03 bits per heavy atom. The Bertz CT molecular complexity index is 1100. The summed E-state index contributed by atoms with van der Waals surface area (Å²) in [4.78, 5) is 18.4. The van der Waals surface area contributed by atoms with E-state index in [2.05, 4.69) is 82.8 Å². The highest BCUT2D eigenvalue weighted by Gasteiger charge is 2.54. The molecule has 0 aliphatic heterocycles. The van der Waals surface area contributed by atoms with E-state index in [0.717, 1.165) is 28.6 Å². The highest BCUT2D eigenvalue weighted by molar-refractivity contribution is 6.28. The number of hydrogen-bond acceptors (Lipinski definition) is 4. The van der Waals surface area contributed by atoms with E-state index < -0.39 is 0 Å². The van der Waals surface area contributed by atoms with Crippen molar-refractivity contribution < 1.29 is 0 Å². The third kappa shape index (κ3) is 3.80. The Labute approximate surface area is 193 Å². The molecular formula is C27H25ClN4. The van der Waals surface area contributed by atoms with Crippen LogP contribution in [0.2, 0.25) is 5.28 Å². The molecule has 5 heteroatoms. The van der Waals surface area contributed by atoms with Gasteiger partial charge in [-0.15, -0.1) is 0 Å². The van der Waals surface area contributed by atoms with E-state index in [0.29, 0.717) is 5.28 Å². The molecule has 1 saturated carbocycles. The van der Waals surface area contributed by atoms with Gasteiger partial charge in [0.15, 0.2) is 0 Å². The van der Waals surface area contributed by atoms with Crippen LogP contribution in [0, 0.1) is 20.8 Å². The first-order chi connectivity index (χ1) is 15.5. The molecule has 0 amide bonds. The van der Waals surface area contributed by atoms with Crippen molar-refractivity contribution in [2.45, 2.75) is 44.4 Å². The molecule has 2 heterocycles. The zero-order valence-corrected chi connectivity index (χ0v) is 19.2. The summed E-state index contributed by atoms with van der Waals surface area (Å²) < 4.78 is 0. The van der Waals surface area contributed by atoms with Crippen LogP contribution in [-0.4, -0.2) is 19.9 Å². The Hall–Kier alpha value is -3.11. The van der Waals surface area contributed by atoms with Crippen molar-refractivity contribution in [2.24, 2.45) is 0 Å². The van der Waals surface area contributed by atoms with Gasteiger partial charge in [-0.05, 0) is 55.6 Å². The van der Waals surface area contributed by atoms with Crippen LogP contribution >= 0.6 is 11.6 Å². The highest BCUT2D eigenvalue weighted by Crippen LogP contribution is 2.65. The number of aromatic nitrogens is 4. The molecule has 0 unspecified atom stereocenters. The molecule has 2 aromatic carbocycles. The minimum absolute atomic E-state index is 0.166. The second-order valence-corrected chi connectivity index (χ2v) is 8.95. The van der Waals surface area contributed by atoms with Crippen LogP contribution in [0.5, 0.6) is 0 Å².